The zero-order chi connectivity index (χ0) is 19.4. The monoisotopic (exact) mass is 368 g/mol. The number of carbonyl (C=O) groups is 2. The summed E-state index contributed by atoms with van der Waals surface area (Å²) in [6.45, 7) is 0.398. The van der Waals surface area contributed by atoms with Crippen molar-refractivity contribution < 1.29 is 18.4 Å². The highest BCUT2D eigenvalue weighted by atomic mass is 19.2. The molecule has 0 unspecified atom stereocenters. The topological polar surface area (TPSA) is 98.0 Å². The Balaban J connectivity index is 1.65. The Kier molecular flexibility index (Phi) is 5.16. The van der Waals surface area contributed by atoms with Gasteiger partial charge in [0.25, 0.3) is 0 Å². The van der Waals surface area contributed by atoms with Gasteiger partial charge in [0.05, 0.1) is 5.56 Å². The van der Waals surface area contributed by atoms with Gasteiger partial charge < -0.3 is 11.1 Å². The Bertz CT molecular complexity index is 990. The minimum absolute atomic E-state index is 0.00718. The van der Waals surface area contributed by atoms with E-state index >= 15 is 0 Å². The van der Waals surface area contributed by atoms with Crippen LogP contribution in [0.4, 0.5) is 14.7 Å². The number of rotatable bonds is 6. The summed E-state index contributed by atoms with van der Waals surface area (Å²) in [5, 5.41) is 2.97. The van der Waals surface area contributed by atoms with Crippen molar-refractivity contribution in [3.63, 3.8) is 0 Å². The summed E-state index contributed by atoms with van der Waals surface area (Å²) < 4.78 is 26.2. The standard InChI is InChI=1S/C19H14F2N4O2/c20-15-6-5-13(7-16(15)21)17(26)14-9-24-19(25-10-14)23-8-11-1-3-12(4-2-11)18(22)27/h1-7,9-10H,8H2,(H2,22,27)(H,23,24,25). The van der Waals surface area contributed by atoms with Crippen LogP contribution >= 0.6 is 0 Å². The van der Waals surface area contributed by atoms with E-state index in [0.717, 1.165) is 17.7 Å². The first kappa shape index (κ1) is 18.1. The molecule has 0 atom stereocenters. The number of halogens is 2. The molecule has 6 nitrogen and oxygen atoms in total. The smallest absolute Gasteiger partial charge is 0.248 e. The van der Waals surface area contributed by atoms with Crippen LogP contribution in [-0.2, 0) is 6.54 Å². The molecule has 0 saturated carbocycles. The Hall–Kier alpha value is -3.68. The summed E-state index contributed by atoms with van der Waals surface area (Å²) in [6.07, 6.45) is 2.60. The number of hydrogen-bond acceptors (Lipinski definition) is 5. The minimum atomic E-state index is -1.09. The van der Waals surface area contributed by atoms with Crippen molar-refractivity contribution in [1.82, 2.24) is 9.97 Å². The number of primary amides is 1. The van der Waals surface area contributed by atoms with Gasteiger partial charge in [-0.15, -0.1) is 0 Å². The number of nitrogens with one attached hydrogen (secondary N) is 1. The van der Waals surface area contributed by atoms with Gasteiger partial charge in [0.2, 0.25) is 11.9 Å². The van der Waals surface area contributed by atoms with E-state index in [1.54, 1.807) is 24.3 Å². The molecule has 3 N–H and O–H groups in total. The second kappa shape index (κ2) is 7.69. The molecule has 1 heterocycles. The molecule has 0 aliphatic carbocycles. The third-order valence-electron chi connectivity index (χ3n) is 3.78. The van der Waals surface area contributed by atoms with Gasteiger partial charge in [0, 0.05) is 30.1 Å². The summed E-state index contributed by atoms with van der Waals surface area (Å²) in [6, 6.07) is 9.64. The van der Waals surface area contributed by atoms with Crippen LogP contribution in [0.15, 0.2) is 54.9 Å². The van der Waals surface area contributed by atoms with Crippen molar-refractivity contribution in [3.05, 3.63) is 88.7 Å². The molecule has 0 saturated heterocycles. The highest BCUT2D eigenvalue weighted by molar-refractivity contribution is 6.08. The Morgan fingerprint density at radius 2 is 1.52 bits per heavy atom. The van der Waals surface area contributed by atoms with Gasteiger partial charge in [-0.3, -0.25) is 9.59 Å². The van der Waals surface area contributed by atoms with Crippen molar-refractivity contribution >= 4 is 17.6 Å². The van der Waals surface area contributed by atoms with E-state index in [2.05, 4.69) is 15.3 Å². The lowest BCUT2D eigenvalue weighted by molar-refractivity contribution is 0.0998. The number of nitrogens with zero attached hydrogens (tertiary/aromatic N) is 2. The van der Waals surface area contributed by atoms with Crippen molar-refractivity contribution in [1.29, 1.82) is 0 Å². The molecule has 27 heavy (non-hydrogen) atoms. The lowest BCUT2D eigenvalue weighted by Gasteiger charge is -2.06. The molecule has 1 aromatic heterocycles. The van der Waals surface area contributed by atoms with Crippen LogP contribution in [-0.4, -0.2) is 21.7 Å². The van der Waals surface area contributed by atoms with Gasteiger partial charge in [0.15, 0.2) is 17.4 Å². The highest BCUT2D eigenvalue weighted by Gasteiger charge is 2.13. The predicted molar refractivity (Wildman–Crippen MR) is 94.1 cm³/mol. The quantitative estimate of drug-likeness (QED) is 0.652. The molecule has 0 fully saturated rings. The SMILES string of the molecule is NC(=O)c1ccc(CNc2ncc(C(=O)c3ccc(F)c(F)c3)cn2)cc1. The average molecular weight is 368 g/mol. The van der Waals surface area contributed by atoms with Crippen LogP contribution in [0.3, 0.4) is 0 Å². The maximum atomic E-state index is 13.3. The summed E-state index contributed by atoms with van der Waals surface area (Å²) in [4.78, 5) is 31.4. The molecule has 0 radical (unpaired) electrons. The second-order valence-electron chi connectivity index (χ2n) is 5.67. The van der Waals surface area contributed by atoms with Crippen LogP contribution in [0.25, 0.3) is 0 Å². The number of aromatic nitrogens is 2. The summed E-state index contributed by atoms with van der Waals surface area (Å²) >= 11 is 0. The fraction of sp³-hybridized carbons (Fsp3) is 0.0526. The van der Waals surface area contributed by atoms with Gasteiger partial charge in [-0.05, 0) is 35.9 Å². The van der Waals surface area contributed by atoms with Crippen LogP contribution in [0, 0.1) is 11.6 Å². The fourth-order valence-electron chi connectivity index (χ4n) is 2.31. The molecule has 0 aliphatic heterocycles. The number of amides is 1. The van der Waals surface area contributed by atoms with Crippen molar-refractivity contribution in [2.75, 3.05) is 5.32 Å². The Morgan fingerprint density at radius 3 is 2.11 bits per heavy atom. The third-order valence-corrected chi connectivity index (χ3v) is 3.78. The second-order valence-corrected chi connectivity index (χ2v) is 5.67. The fourth-order valence-corrected chi connectivity index (χ4v) is 2.31. The molecule has 2 aromatic carbocycles. The lowest BCUT2D eigenvalue weighted by Crippen LogP contribution is -2.11. The molecular formula is C19H14F2N4O2. The van der Waals surface area contributed by atoms with Crippen LogP contribution < -0.4 is 11.1 Å². The number of hydrogen-bond donors (Lipinski definition) is 2. The lowest BCUT2D eigenvalue weighted by atomic mass is 10.1. The molecular weight excluding hydrogens is 354 g/mol. The van der Waals surface area contributed by atoms with Crippen molar-refractivity contribution in [2.45, 2.75) is 6.54 Å². The Labute approximate surface area is 153 Å². The highest BCUT2D eigenvalue weighted by Crippen LogP contribution is 2.14. The normalized spacial score (nSPS) is 10.4. The molecule has 3 aromatic rings. The first-order chi connectivity index (χ1) is 12.9. The summed E-state index contributed by atoms with van der Waals surface area (Å²) in [7, 11) is 0. The molecule has 0 bridgehead atoms. The summed E-state index contributed by atoms with van der Waals surface area (Å²) in [5.41, 5.74) is 6.63. The van der Waals surface area contributed by atoms with E-state index in [-0.39, 0.29) is 17.1 Å². The number of ketones is 1. The van der Waals surface area contributed by atoms with E-state index in [0.29, 0.717) is 12.1 Å². The number of nitrogens with two attached hydrogens (primary N) is 1. The molecule has 1 amide bonds. The van der Waals surface area contributed by atoms with Crippen LogP contribution in [0.1, 0.15) is 31.8 Å². The first-order valence-corrected chi connectivity index (χ1v) is 7.88. The number of anilines is 1. The van der Waals surface area contributed by atoms with E-state index in [9.17, 15) is 18.4 Å². The van der Waals surface area contributed by atoms with Gasteiger partial charge >= 0.3 is 0 Å². The van der Waals surface area contributed by atoms with E-state index in [1.807, 2.05) is 0 Å². The maximum Gasteiger partial charge on any atom is 0.248 e. The van der Waals surface area contributed by atoms with Crippen molar-refractivity contribution in [2.24, 2.45) is 5.73 Å². The van der Waals surface area contributed by atoms with E-state index in [1.165, 1.54) is 18.5 Å². The van der Waals surface area contributed by atoms with E-state index < -0.39 is 23.3 Å². The van der Waals surface area contributed by atoms with Gasteiger partial charge in [0.1, 0.15) is 0 Å². The molecule has 3 rings (SSSR count). The molecule has 0 aliphatic rings. The van der Waals surface area contributed by atoms with Crippen LogP contribution in [0.2, 0.25) is 0 Å². The molecule has 8 heteroatoms. The number of benzene rings is 2. The van der Waals surface area contributed by atoms with Gasteiger partial charge in [-0.1, -0.05) is 12.1 Å². The zero-order valence-corrected chi connectivity index (χ0v) is 13.9. The first-order valence-electron chi connectivity index (χ1n) is 7.88. The summed E-state index contributed by atoms with van der Waals surface area (Å²) in [5.74, 6) is -2.84. The largest absolute Gasteiger partial charge is 0.366 e. The van der Waals surface area contributed by atoms with E-state index in [4.69, 9.17) is 5.73 Å². The van der Waals surface area contributed by atoms with Crippen molar-refractivity contribution in [3.8, 4) is 0 Å². The average Bonchev–Trinajstić information content (AvgIpc) is 2.68. The molecule has 136 valence electrons. The number of carbonyl (C=O) groups excluding carboxylic acids is 2. The maximum absolute atomic E-state index is 13.3. The minimum Gasteiger partial charge on any atom is -0.366 e. The van der Waals surface area contributed by atoms with Crippen LogP contribution in [0.5, 0.6) is 0 Å². The zero-order valence-electron chi connectivity index (χ0n) is 13.9. The predicted octanol–water partition coefficient (Wildman–Crippen LogP) is 2.70. The third kappa shape index (κ3) is 4.30. The Morgan fingerprint density at radius 1 is 0.889 bits per heavy atom. The van der Waals surface area contributed by atoms with Gasteiger partial charge in [-0.2, -0.15) is 0 Å². The van der Waals surface area contributed by atoms with Gasteiger partial charge in [-0.25, -0.2) is 18.7 Å². The molecule has 0 spiro atoms.